The van der Waals surface area contributed by atoms with Gasteiger partial charge in [-0.15, -0.1) is 0 Å². The van der Waals surface area contributed by atoms with Gasteiger partial charge in [0.05, 0.1) is 12.7 Å². The van der Waals surface area contributed by atoms with Gasteiger partial charge in [-0.3, -0.25) is 4.79 Å². The summed E-state index contributed by atoms with van der Waals surface area (Å²) in [6, 6.07) is 0. The van der Waals surface area contributed by atoms with E-state index in [0.29, 0.717) is 19.3 Å². The topological polar surface area (TPSA) is 104 Å². The molecule has 0 aromatic rings. The Labute approximate surface area is 176 Å². The molecule has 0 amide bonds. The fourth-order valence-electron chi connectivity index (χ4n) is 2.97. The summed E-state index contributed by atoms with van der Waals surface area (Å²) in [4.78, 5) is 22.2. The summed E-state index contributed by atoms with van der Waals surface area (Å²) in [7, 11) is 0. The summed E-state index contributed by atoms with van der Waals surface area (Å²) in [6.07, 6.45) is 15.7. The smallest absolute Gasteiger partial charge is 0.305 e. The van der Waals surface area contributed by atoms with E-state index < -0.39 is 12.7 Å². The first-order valence-electron chi connectivity index (χ1n) is 11.2. The highest BCUT2D eigenvalue weighted by atomic mass is 16.5. The standard InChI is InChI=1S/C23H42O6/c1-20(25)14-10-8-9-12-16-21(26)15-11-6-4-2-3-5-7-13-17-23(28)29-19-22(27)18-24/h6,11,21-22,24,26-27H,2-5,7-10,12-19H2,1H3/t21-,22?/m0/s1. The van der Waals surface area contributed by atoms with E-state index in [1.807, 2.05) is 0 Å². The Hall–Kier alpha value is -1.24. The van der Waals surface area contributed by atoms with Gasteiger partial charge in [0.2, 0.25) is 0 Å². The lowest BCUT2D eigenvalue weighted by molar-refractivity contribution is -0.147. The summed E-state index contributed by atoms with van der Waals surface area (Å²) in [5.74, 6) is -0.0678. The molecule has 0 aliphatic heterocycles. The van der Waals surface area contributed by atoms with Crippen molar-refractivity contribution in [2.24, 2.45) is 0 Å². The Balaban J connectivity index is 3.38. The van der Waals surface area contributed by atoms with E-state index in [0.717, 1.165) is 70.6 Å². The predicted molar refractivity (Wildman–Crippen MR) is 115 cm³/mol. The van der Waals surface area contributed by atoms with Crippen molar-refractivity contribution in [3.05, 3.63) is 12.2 Å². The third-order valence-electron chi connectivity index (χ3n) is 4.79. The maximum Gasteiger partial charge on any atom is 0.305 e. The monoisotopic (exact) mass is 414 g/mol. The number of rotatable bonds is 20. The molecule has 0 spiro atoms. The Morgan fingerprint density at radius 1 is 0.828 bits per heavy atom. The van der Waals surface area contributed by atoms with Gasteiger partial charge in [-0.1, -0.05) is 50.7 Å². The third-order valence-corrected chi connectivity index (χ3v) is 4.79. The molecule has 6 heteroatoms. The lowest BCUT2D eigenvalue weighted by Gasteiger charge is -2.08. The van der Waals surface area contributed by atoms with Crippen molar-refractivity contribution >= 4 is 11.8 Å². The summed E-state index contributed by atoms with van der Waals surface area (Å²) < 4.78 is 4.85. The summed E-state index contributed by atoms with van der Waals surface area (Å²) in [6.45, 7) is 1.09. The van der Waals surface area contributed by atoms with E-state index in [4.69, 9.17) is 14.9 Å². The first-order chi connectivity index (χ1) is 14.0. The van der Waals surface area contributed by atoms with Crippen molar-refractivity contribution in [3.8, 4) is 0 Å². The first-order valence-corrected chi connectivity index (χ1v) is 11.2. The third kappa shape index (κ3) is 21.3. The quantitative estimate of drug-likeness (QED) is 0.159. The Morgan fingerprint density at radius 3 is 2.14 bits per heavy atom. The van der Waals surface area contributed by atoms with Gasteiger partial charge in [0.25, 0.3) is 0 Å². The summed E-state index contributed by atoms with van der Waals surface area (Å²) >= 11 is 0. The maximum absolute atomic E-state index is 11.4. The fraction of sp³-hybridized carbons (Fsp3) is 0.826. The number of hydrogen-bond acceptors (Lipinski definition) is 6. The van der Waals surface area contributed by atoms with Gasteiger partial charge in [-0.25, -0.2) is 0 Å². The SMILES string of the molecule is CC(=O)CCCCCC[C@@H](O)CC=CCCCCCCCC(=O)OCC(O)CO. The highest BCUT2D eigenvalue weighted by molar-refractivity contribution is 5.75. The van der Waals surface area contributed by atoms with E-state index in [9.17, 15) is 14.7 Å². The molecular formula is C23H42O6. The van der Waals surface area contributed by atoms with E-state index in [1.165, 1.54) is 0 Å². The molecular weight excluding hydrogens is 372 g/mol. The molecule has 2 atom stereocenters. The van der Waals surface area contributed by atoms with Gasteiger partial charge in [-0.2, -0.15) is 0 Å². The van der Waals surface area contributed by atoms with Gasteiger partial charge >= 0.3 is 5.97 Å². The molecule has 0 aromatic heterocycles. The highest BCUT2D eigenvalue weighted by Crippen LogP contribution is 2.11. The number of carbonyl (C=O) groups excluding carboxylic acids is 2. The molecule has 0 heterocycles. The second-order valence-corrected chi connectivity index (χ2v) is 7.84. The molecule has 6 nitrogen and oxygen atoms in total. The molecule has 0 saturated carbocycles. The molecule has 170 valence electrons. The average Bonchev–Trinajstić information content (AvgIpc) is 2.69. The van der Waals surface area contributed by atoms with Gasteiger partial charge in [0, 0.05) is 12.8 Å². The van der Waals surface area contributed by atoms with Crippen molar-refractivity contribution in [2.75, 3.05) is 13.2 Å². The molecule has 0 radical (unpaired) electrons. The Bertz CT molecular complexity index is 435. The van der Waals surface area contributed by atoms with Crippen LogP contribution in [0.4, 0.5) is 0 Å². The molecule has 0 saturated heterocycles. The maximum atomic E-state index is 11.4. The lowest BCUT2D eigenvalue weighted by atomic mass is 10.0. The lowest BCUT2D eigenvalue weighted by Crippen LogP contribution is -2.21. The number of carbonyl (C=O) groups is 2. The van der Waals surface area contributed by atoms with Crippen molar-refractivity contribution in [2.45, 2.75) is 109 Å². The number of Topliss-reactive ketones (excluding diaryl/α,β-unsaturated/α-hetero) is 1. The zero-order chi connectivity index (χ0) is 21.7. The van der Waals surface area contributed by atoms with Crippen LogP contribution in [0.25, 0.3) is 0 Å². The fourth-order valence-corrected chi connectivity index (χ4v) is 2.97. The first kappa shape index (κ1) is 27.8. The van der Waals surface area contributed by atoms with Crippen LogP contribution in [0.15, 0.2) is 12.2 Å². The number of aliphatic hydroxyl groups is 3. The molecule has 0 fully saturated rings. The van der Waals surface area contributed by atoms with Gasteiger partial charge in [0.1, 0.15) is 18.5 Å². The van der Waals surface area contributed by atoms with Crippen LogP contribution < -0.4 is 0 Å². The molecule has 29 heavy (non-hydrogen) atoms. The summed E-state index contributed by atoms with van der Waals surface area (Å²) in [5, 5.41) is 27.7. The molecule has 0 bridgehead atoms. The molecule has 0 aromatic carbocycles. The van der Waals surface area contributed by atoms with Gasteiger partial charge in [0.15, 0.2) is 0 Å². The van der Waals surface area contributed by atoms with Crippen molar-refractivity contribution in [3.63, 3.8) is 0 Å². The van der Waals surface area contributed by atoms with E-state index in [2.05, 4.69) is 12.2 Å². The molecule has 0 aliphatic rings. The van der Waals surface area contributed by atoms with Gasteiger partial charge < -0.3 is 24.9 Å². The van der Waals surface area contributed by atoms with Crippen LogP contribution in [-0.2, 0) is 14.3 Å². The van der Waals surface area contributed by atoms with Crippen molar-refractivity contribution < 1.29 is 29.6 Å². The molecule has 1 unspecified atom stereocenters. The van der Waals surface area contributed by atoms with Crippen LogP contribution in [0, 0.1) is 0 Å². The zero-order valence-corrected chi connectivity index (χ0v) is 18.2. The number of unbranched alkanes of at least 4 members (excludes halogenated alkanes) is 8. The van der Waals surface area contributed by atoms with Gasteiger partial charge in [-0.05, 0) is 45.4 Å². The van der Waals surface area contributed by atoms with Crippen molar-refractivity contribution in [1.29, 1.82) is 0 Å². The van der Waals surface area contributed by atoms with Crippen LogP contribution in [-0.4, -0.2) is 52.5 Å². The molecule has 3 N–H and O–H groups in total. The highest BCUT2D eigenvalue weighted by Gasteiger charge is 2.07. The number of aliphatic hydroxyl groups excluding tert-OH is 3. The molecule has 0 rings (SSSR count). The number of ketones is 1. The molecule has 0 aliphatic carbocycles. The van der Waals surface area contributed by atoms with Crippen LogP contribution in [0.2, 0.25) is 0 Å². The largest absolute Gasteiger partial charge is 0.463 e. The van der Waals surface area contributed by atoms with Crippen LogP contribution in [0.3, 0.4) is 0 Å². The average molecular weight is 415 g/mol. The second kappa shape index (κ2) is 20.0. The summed E-state index contributed by atoms with van der Waals surface area (Å²) in [5.41, 5.74) is 0. The number of ether oxygens (including phenoxy) is 1. The zero-order valence-electron chi connectivity index (χ0n) is 18.2. The number of esters is 1. The minimum atomic E-state index is -0.989. The minimum absolute atomic E-state index is 0.141. The Kier molecular flexibility index (Phi) is 19.2. The van der Waals surface area contributed by atoms with Crippen LogP contribution in [0.5, 0.6) is 0 Å². The minimum Gasteiger partial charge on any atom is -0.463 e. The van der Waals surface area contributed by atoms with E-state index in [1.54, 1.807) is 6.92 Å². The van der Waals surface area contributed by atoms with Crippen molar-refractivity contribution in [1.82, 2.24) is 0 Å². The van der Waals surface area contributed by atoms with E-state index >= 15 is 0 Å². The van der Waals surface area contributed by atoms with E-state index in [-0.39, 0.29) is 24.5 Å². The van der Waals surface area contributed by atoms with Crippen LogP contribution >= 0.6 is 0 Å². The normalized spacial score (nSPS) is 13.5. The number of hydrogen-bond donors (Lipinski definition) is 3. The predicted octanol–water partition coefficient (Wildman–Crippen LogP) is 3.85. The second-order valence-electron chi connectivity index (χ2n) is 7.84. The Morgan fingerprint density at radius 2 is 1.45 bits per heavy atom. The van der Waals surface area contributed by atoms with Crippen LogP contribution in [0.1, 0.15) is 96.8 Å². The number of allylic oxidation sites excluding steroid dienone is 1.